The maximum atomic E-state index is 13.1. The molecule has 1 heterocycles. The van der Waals surface area contributed by atoms with Gasteiger partial charge in [-0.05, 0) is 80.4 Å². The van der Waals surface area contributed by atoms with Crippen LogP contribution in [0.3, 0.4) is 0 Å². The molecule has 0 bridgehead atoms. The Labute approximate surface area is 184 Å². The fraction of sp³-hybridized carbons (Fsp3) is 0.200. The van der Waals surface area contributed by atoms with Crippen molar-refractivity contribution in [1.82, 2.24) is 4.57 Å². The molecule has 0 atom stereocenters. The van der Waals surface area contributed by atoms with E-state index in [4.69, 9.17) is 4.74 Å². The minimum atomic E-state index is -4.48. The lowest BCUT2D eigenvalue weighted by atomic mass is 10.0. The van der Waals surface area contributed by atoms with Gasteiger partial charge >= 0.3 is 12.1 Å². The number of benzene rings is 2. The van der Waals surface area contributed by atoms with Crippen molar-refractivity contribution in [2.24, 2.45) is 0 Å². The Morgan fingerprint density at radius 3 is 2.38 bits per heavy atom. The zero-order valence-electron chi connectivity index (χ0n) is 17.8. The van der Waals surface area contributed by atoms with E-state index in [0.717, 1.165) is 29.2 Å². The van der Waals surface area contributed by atoms with Crippen molar-refractivity contribution in [2.75, 3.05) is 6.61 Å². The highest BCUT2D eigenvalue weighted by Crippen LogP contribution is 2.32. The van der Waals surface area contributed by atoms with E-state index >= 15 is 0 Å². The average molecular weight is 438 g/mol. The Kier molecular flexibility index (Phi) is 6.54. The number of aromatic nitrogens is 1. The van der Waals surface area contributed by atoms with Gasteiger partial charge in [0.2, 0.25) is 0 Å². The second-order valence-corrected chi connectivity index (χ2v) is 7.18. The predicted molar refractivity (Wildman–Crippen MR) is 116 cm³/mol. The quantitative estimate of drug-likeness (QED) is 0.344. The number of hydrogen-bond donors (Lipinski definition) is 0. The molecule has 0 amide bonds. The van der Waals surface area contributed by atoms with Crippen LogP contribution in [0.2, 0.25) is 0 Å². The van der Waals surface area contributed by atoms with E-state index in [0.29, 0.717) is 17.7 Å². The Morgan fingerprint density at radius 1 is 1.09 bits per heavy atom. The maximum absolute atomic E-state index is 13.1. The second kappa shape index (κ2) is 9.15. The van der Waals surface area contributed by atoms with Crippen molar-refractivity contribution in [3.63, 3.8) is 0 Å². The molecule has 7 heteroatoms. The molecule has 0 radical (unpaired) electrons. The van der Waals surface area contributed by atoms with Crippen molar-refractivity contribution < 1.29 is 22.7 Å². The SMILES string of the molecule is CCOC(=O)c1ccc(-n2c(C)cc(/C=C(/C#N)c3cccc(C(F)(F)F)c3)c2C)cc1. The van der Waals surface area contributed by atoms with Crippen LogP contribution in [0.5, 0.6) is 0 Å². The van der Waals surface area contributed by atoms with E-state index in [1.165, 1.54) is 12.1 Å². The number of esters is 1. The third-order valence-corrected chi connectivity index (χ3v) is 5.03. The first-order valence-corrected chi connectivity index (χ1v) is 9.91. The Morgan fingerprint density at radius 2 is 1.78 bits per heavy atom. The van der Waals surface area contributed by atoms with Crippen molar-refractivity contribution in [3.05, 3.63) is 88.2 Å². The number of halogens is 3. The molecule has 0 unspecified atom stereocenters. The van der Waals surface area contributed by atoms with Gasteiger partial charge in [-0.3, -0.25) is 0 Å². The van der Waals surface area contributed by atoms with Gasteiger partial charge in [-0.15, -0.1) is 0 Å². The van der Waals surface area contributed by atoms with E-state index in [2.05, 4.69) is 0 Å². The molecule has 0 spiro atoms. The molecule has 1 aromatic heterocycles. The molecule has 0 saturated carbocycles. The fourth-order valence-corrected chi connectivity index (χ4v) is 3.49. The number of carbonyl (C=O) groups excluding carboxylic acids is 1. The number of hydrogen-bond acceptors (Lipinski definition) is 3. The van der Waals surface area contributed by atoms with Crippen molar-refractivity contribution >= 4 is 17.6 Å². The third-order valence-electron chi connectivity index (χ3n) is 5.03. The van der Waals surface area contributed by atoms with Crippen LogP contribution in [0.1, 0.15) is 45.4 Å². The topological polar surface area (TPSA) is 55.0 Å². The van der Waals surface area contributed by atoms with E-state index in [-0.39, 0.29) is 11.1 Å². The number of rotatable bonds is 5. The summed E-state index contributed by atoms with van der Waals surface area (Å²) < 4.78 is 46.1. The highest BCUT2D eigenvalue weighted by Gasteiger charge is 2.30. The molecule has 0 aliphatic heterocycles. The van der Waals surface area contributed by atoms with Crippen LogP contribution in [-0.2, 0) is 10.9 Å². The highest BCUT2D eigenvalue weighted by molar-refractivity contribution is 5.91. The van der Waals surface area contributed by atoms with Gasteiger partial charge in [0, 0.05) is 17.1 Å². The smallest absolute Gasteiger partial charge is 0.416 e. The molecule has 0 N–H and O–H groups in total. The van der Waals surface area contributed by atoms with Crippen LogP contribution in [0.25, 0.3) is 17.3 Å². The first-order chi connectivity index (χ1) is 15.2. The predicted octanol–water partition coefficient (Wildman–Crippen LogP) is 6.35. The third kappa shape index (κ3) is 4.75. The average Bonchev–Trinajstić information content (AvgIpc) is 3.04. The van der Waals surface area contributed by atoms with Crippen LogP contribution < -0.4 is 0 Å². The Bertz CT molecular complexity index is 1210. The number of ether oxygens (including phenoxy) is 1. The monoisotopic (exact) mass is 438 g/mol. The van der Waals surface area contributed by atoms with Crippen molar-refractivity contribution in [1.29, 1.82) is 5.26 Å². The van der Waals surface area contributed by atoms with Gasteiger partial charge in [-0.2, -0.15) is 18.4 Å². The molecule has 0 fully saturated rings. The van der Waals surface area contributed by atoms with Gasteiger partial charge in [0.15, 0.2) is 0 Å². The summed E-state index contributed by atoms with van der Waals surface area (Å²) in [6.07, 6.45) is -2.90. The minimum Gasteiger partial charge on any atom is -0.462 e. The molecular weight excluding hydrogens is 417 g/mol. The maximum Gasteiger partial charge on any atom is 0.416 e. The summed E-state index contributed by atoms with van der Waals surface area (Å²) in [6, 6.07) is 15.5. The van der Waals surface area contributed by atoms with Gasteiger partial charge in [-0.1, -0.05) is 12.1 Å². The largest absolute Gasteiger partial charge is 0.462 e. The first-order valence-electron chi connectivity index (χ1n) is 9.91. The lowest BCUT2D eigenvalue weighted by molar-refractivity contribution is -0.137. The number of allylic oxidation sites excluding steroid dienone is 1. The van der Waals surface area contributed by atoms with Gasteiger partial charge < -0.3 is 9.30 Å². The Hall–Kier alpha value is -3.79. The summed E-state index contributed by atoms with van der Waals surface area (Å²) in [6.45, 7) is 5.78. The fourth-order valence-electron chi connectivity index (χ4n) is 3.49. The van der Waals surface area contributed by atoms with Crippen LogP contribution in [0, 0.1) is 25.2 Å². The van der Waals surface area contributed by atoms with Crippen LogP contribution in [0.4, 0.5) is 13.2 Å². The van der Waals surface area contributed by atoms with E-state index in [9.17, 15) is 23.2 Å². The van der Waals surface area contributed by atoms with E-state index in [1.807, 2.05) is 30.6 Å². The van der Waals surface area contributed by atoms with Crippen LogP contribution in [0.15, 0.2) is 54.6 Å². The van der Waals surface area contributed by atoms with Gasteiger partial charge in [-0.25, -0.2) is 4.79 Å². The summed E-state index contributed by atoms with van der Waals surface area (Å²) in [4.78, 5) is 11.9. The molecule has 2 aromatic carbocycles. The molecule has 0 saturated heterocycles. The normalized spacial score (nSPS) is 11.8. The molecule has 0 aliphatic carbocycles. The summed E-state index contributed by atoms with van der Waals surface area (Å²) in [5.41, 5.74) is 3.18. The molecule has 4 nitrogen and oxygen atoms in total. The highest BCUT2D eigenvalue weighted by atomic mass is 19.4. The molecule has 164 valence electrons. The van der Waals surface area contributed by atoms with Crippen LogP contribution in [-0.4, -0.2) is 17.1 Å². The molecule has 3 aromatic rings. The van der Waals surface area contributed by atoms with Crippen LogP contribution >= 0.6 is 0 Å². The first kappa shape index (κ1) is 22.9. The number of alkyl halides is 3. The minimum absolute atomic E-state index is 0.133. The summed E-state index contributed by atoms with van der Waals surface area (Å²) in [5.74, 6) is -0.400. The van der Waals surface area contributed by atoms with Gasteiger partial charge in [0.25, 0.3) is 0 Å². The van der Waals surface area contributed by atoms with Gasteiger partial charge in [0.05, 0.1) is 29.4 Å². The number of nitriles is 1. The molecule has 32 heavy (non-hydrogen) atoms. The number of aryl methyl sites for hydroxylation is 1. The summed E-state index contributed by atoms with van der Waals surface area (Å²) in [5, 5.41) is 9.59. The van der Waals surface area contributed by atoms with Crippen molar-refractivity contribution in [2.45, 2.75) is 26.9 Å². The zero-order chi connectivity index (χ0) is 23.5. The summed E-state index contributed by atoms with van der Waals surface area (Å²) >= 11 is 0. The zero-order valence-corrected chi connectivity index (χ0v) is 17.8. The second-order valence-electron chi connectivity index (χ2n) is 7.18. The lowest BCUT2D eigenvalue weighted by Crippen LogP contribution is -2.05. The standard InChI is InChI=1S/C25H21F3N2O2/c1-4-32-24(31)18-8-10-23(11-9-18)30-16(2)12-20(17(30)3)13-21(15-29)19-6-5-7-22(14-19)25(26,27)28/h5-14H,4H2,1-3H3/b21-13-. The van der Waals surface area contributed by atoms with Crippen molar-refractivity contribution in [3.8, 4) is 11.8 Å². The molecule has 0 aliphatic rings. The molecule has 3 rings (SSSR count). The lowest BCUT2D eigenvalue weighted by Gasteiger charge is -2.11. The number of carbonyl (C=O) groups is 1. The van der Waals surface area contributed by atoms with E-state index < -0.39 is 17.7 Å². The summed E-state index contributed by atoms with van der Waals surface area (Å²) in [7, 11) is 0. The Balaban J connectivity index is 1.99. The van der Waals surface area contributed by atoms with E-state index in [1.54, 1.807) is 37.3 Å². The van der Waals surface area contributed by atoms with Gasteiger partial charge in [0.1, 0.15) is 0 Å². The molecular formula is C25H21F3N2O2. The number of nitrogens with zero attached hydrogens (tertiary/aromatic N) is 2.